The summed E-state index contributed by atoms with van der Waals surface area (Å²) in [5.74, 6) is 2.05. The molecule has 1 aromatic rings. The minimum atomic E-state index is 0. The van der Waals surface area contributed by atoms with Crippen LogP contribution in [-0.2, 0) is 11.2 Å². The van der Waals surface area contributed by atoms with Gasteiger partial charge in [0, 0.05) is 37.6 Å². The van der Waals surface area contributed by atoms with Crippen LogP contribution in [0.3, 0.4) is 0 Å². The van der Waals surface area contributed by atoms with Gasteiger partial charge in [-0.25, -0.2) is 0 Å². The van der Waals surface area contributed by atoms with Gasteiger partial charge in [-0.15, -0.1) is 24.0 Å². The minimum Gasteiger partial charge on any atom is -0.381 e. The number of guanidine groups is 1. The van der Waals surface area contributed by atoms with Gasteiger partial charge in [-0.3, -0.25) is 4.99 Å². The zero-order valence-electron chi connectivity index (χ0n) is 16.3. The van der Waals surface area contributed by atoms with Crippen molar-refractivity contribution in [2.24, 2.45) is 4.99 Å². The summed E-state index contributed by atoms with van der Waals surface area (Å²) < 4.78 is 5.83. The number of rotatable bonds is 8. The molecule has 0 saturated carbocycles. The standard InChI is InChI=1S/C20H33N3OS.HI/c1-4-25-20(12-14-24-15-13-20)16-22-19(21-3)23-17(2)10-11-18-8-6-5-7-9-18;/h5-9,17H,4,10-16H2,1-3H3,(H2,21,22,23);1H. The molecule has 1 unspecified atom stereocenters. The zero-order chi connectivity index (χ0) is 18.0. The molecule has 26 heavy (non-hydrogen) atoms. The number of nitrogens with zero attached hydrogens (tertiary/aromatic N) is 1. The second kappa shape index (κ2) is 12.8. The molecule has 1 aliphatic heterocycles. The fourth-order valence-corrected chi connectivity index (χ4v) is 4.44. The number of hydrogen-bond donors (Lipinski definition) is 2. The fourth-order valence-electron chi connectivity index (χ4n) is 3.19. The van der Waals surface area contributed by atoms with E-state index in [9.17, 15) is 0 Å². The first-order chi connectivity index (χ1) is 12.2. The molecule has 4 nitrogen and oxygen atoms in total. The minimum absolute atomic E-state index is 0. The Hall–Kier alpha value is -0.470. The molecule has 1 heterocycles. The van der Waals surface area contributed by atoms with E-state index in [0.29, 0.717) is 6.04 Å². The Morgan fingerprint density at radius 1 is 1.27 bits per heavy atom. The highest BCUT2D eigenvalue weighted by molar-refractivity contribution is 14.0. The maximum Gasteiger partial charge on any atom is 0.191 e. The zero-order valence-corrected chi connectivity index (χ0v) is 19.4. The SMILES string of the molecule is CCSC1(CNC(=NC)NC(C)CCc2ccccc2)CCOCC1.I. The third-order valence-corrected chi connectivity index (χ3v) is 6.20. The van der Waals surface area contributed by atoms with Gasteiger partial charge in [-0.05, 0) is 43.9 Å². The lowest BCUT2D eigenvalue weighted by molar-refractivity contribution is 0.0782. The lowest BCUT2D eigenvalue weighted by Gasteiger charge is -2.37. The molecule has 0 spiro atoms. The molecule has 1 fully saturated rings. The maximum atomic E-state index is 5.56. The summed E-state index contributed by atoms with van der Waals surface area (Å²) in [5, 5.41) is 7.09. The average molecular weight is 491 g/mol. The van der Waals surface area contributed by atoms with Crippen molar-refractivity contribution < 1.29 is 4.74 Å². The second-order valence-corrected chi connectivity index (χ2v) is 8.46. The van der Waals surface area contributed by atoms with Crippen molar-refractivity contribution >= 4 is 41.7 Å². The third-order valence-electron chi connectivity index (χ3n) is 4.75. The average Bonchev–Trinajstić information content (AvgIpc) is 2.65. The molecule has 0 bridgehead atoms. The third kappa shape index (κ3) is 8.05. The van der Waals surface area contributed by atoms with E-state index < -0.39 is 0 Å². The number of ether oxygens (including phenoxy) is 1. The molecule has 1 aliphatic rings. The number of nitrogens with one attached hydrogen (secondary N) is 2. The van der Waals surface area contributed by atoms with Gasteiger partial charge in [0.2, 0.25) is 0 Å². The number of aryl methyl sites for hydroxylation is 1. The van der Waals surface area contributed by atoms with E-state index in [4.69, 9.17) is 4.74 Å². The Labute approximate surface area is 180 Å². The molecule has 0 radical (unpaired) electrons. The molecule has 1 saturated heterocycles. The van der Waals surface area contributed by atoms with Crippen molar-refractivity contribution in [2.45, 2.75) is 50.3 Å². The van der Waals surface area contributed by atoms with Crippen LogP contribution in [0.2, 0.25) is 0 Å². The van der Waals surface area contributed by atoms with Crippen LogP contribution >= 0.6 is 35.7 Å². The van der Waals surface area contributed by atoms with Crippen LogP contribution in [0, 0.1) is 0 Å². The van der Waals surface area contributed by atoms with Gasteiger partial charge < -0.3 is 15.4 Å². The van der Waals surface area contributed by atoms with E-state index in [-0.39, 0.29) is 28.7 Å². The molecule has 0 aliphatic carbocycles. The van der Waals surface area contributed by atoms with Crippen molar-refractivity contribution in [1.82, 2.24) is 10.6 Å². The normalized spacial score (nSPS) is 17.9. The first kappa shape index (κ1) is 23.6. The number of thioether (sulfide) groups is 1. The summed E-state index contributed by atoms with van der Waals surface area (Å²) in [5.41, 5.74) is 1.39. The van der Waals surface area contributed by atoms with Gasteiger partial charge in [0.05, 0.1) is 0 Å². The van der Waals surface area contributed by atoms with E-state index in [1.807, 2.05) is 7.05 Å². The topological polar surface area (TPSA) is 45.7 Å². The summed E-state index contributed by atoms with van der Waals surface area (Å²) in [4.78, 5) is 4.41. The summed E-state index contributed by atoms with van der Waals surface area (Å²) in [6, 6.07) is 11.0. The molecular formula is C20H34IN3OS. The largest absolute Gasteiger partial charge is 0.381 e. The lowest BCUT2D eigenvalue weighted by Crippen LogP contribution is -2.49. The van der Waals surface area contributed by atoms with Crippen molar-refractivity contribution in [1.29, 1.82) is 0 Å². The smallest absolute Gasteiger partial charge is 0.191 e. The molecule has 148 valence electrons. The first-order valence-electron chi connectivity index (χ1n) is 9.40. The Bertz CT molecular complexity index is 516. The van der Waals surface area contributed by atoms with Gasteiger partial charge >= 0.3 is 0 Å². The van der Waals surface area contributed by atoms with Gasteiger partial charge in [-0.2, -0.15) is 11.8 Å². The van der Waals surface area contributed by atoms with E-state index in [1.54, 1.807) is 0 Å². The van der Waals surface area contributed by atoms with Crippen LogP contribution in [0.25, 0.3) is 0 Å². The van der Waals surface area contributed by atoms with Crippen LogP contribution in [0.5, 0.6) is 0 Å². The van der Waals surface area contributed by atoms with Gasteiger partial charge in [0.25, 0.3) is 0 Å². The van der Waals surface area contributed by atoms with Gasteiger partial charge in [-0.1, -0.05) is 37.3 Å². The summed E-state index contributed by atoms with van der Waals surface area (Å²) in [7, 11) is 1.85. The molecule has 6 heteroatoms. The molecule has 2 rings (SSSR count). The Morgan fingerprint density at radius 3 is 2.58 bits per heavy atom. The van der Waals surface area contributed by atoms with Crippen LogP contribution in [0.1, 0.15) is 38.7 Å². The number of aliphatic imine (C=N–C) groups is 1. The highest BCUT2D eigenvalue weighted by atomic mass is 127. The van der Waals surface area contributed by atoms with Crippen LogP contribution in [-0.4, -0.2) is 49.3 Å². The molecule has 1 aromatic carbocycles. The molecule has 0 amide bonds. The number of hydrogen-bond acceptors (Lipinski definition) is 3. The van der Waals surface area contributed by atoms with E-state index >= 15 is 0 Å². The molecular weight excluding hydrogens is 457 g/mol. The van der Waals surface area contributed by atoms with Crippen molar-refractivity contribution in [2.75, 3.05) is 32.6 Å². The van der Waals surface area contributed by atoms with E-state index in [2.05, 4.69) is 71.6 Å². The van der Waals surface area contributed by atoms with Crippen molar-refractivity contribution in [3.8, 4) is 0 Å². The van der Waals surface area contributed by atoms with Crippen LogP contribution < -0.4 is 10.6 Å². The Kier molecular flexibility index (Phi) is 11.6. The Balaban J connectivity index is 0.00000338. The first-order valence-corrected chi connectivity index (χ1v) is 10.4. The highest BCUT2D eigenvalue weighted by Gasteiger charge is 2.32. The second-order valence-electron chi connectivity index (χ2n) is 6.72. The van der Waals surface area contributed by atoms with Crippen molar-refractivity contribution in [3.05, 3.63) is 35.9 Å². The Morgan fingerprint density at radius 2 is 1.96 bits per heavy atom. The monoisotopic (exact) mass is 491 g/mol. The number of benzene rings is 1. The molecule has 1 atom stereocenters. The molecule has 0 aromatic heterocycles. The van der Waals surface area contributed by atoms with E-state index in [0.717, 1.165) is 57.2 Å². The highest BCUT2D eigenvalue weighted by Crippen LogP contribution is 2.34. The van der Waals surface area contributed by atoms with Gasteiger partial charge in [0.1, 0.15) is 0 Å². The predicted molar refractivity (Wildman–Crippen MR) is 125 cm³/mol. The lowest BCUT2D eigenvalue weighted by atomic mass is 9.99. The fraction of sp³-hybridized carbons (Fsp3) is 0.650. The summed E-state index contributed by atoms with van der Waals surface area (Å²) >= 11 is 2.05. The molecule has 2 N–H and O–H groups in total. The van der Waals surface area contributed by atoms with Crippen molar-refractivity contribution in [3.63, 3.8) is 0 Å². The quantitative estimate of drug-likeness (QED) is 0.327. The summed E-state index contributed by atoms with van der Waals surface area (Å²) in [6.45, 7) is 7.14. The van der Waals surface area contributed by atoms with Crippen LogP contribution in [0.15, 0.2) is 35.3 Å². The predicted octanol–water partition coefficient (Wildman–Crippen LogP) is 4.09. The van der Waals surface area contributed by atoms with Gasteiger partial charge in [0.15, 0.2) is 5.96 Å². The maximum absolute atomic E-state index is 5.56. The number of halogens is 1. The van der Waals surface area contributed by atoms with Crippen LogP contribution in [0.4, 0.5) is 0 Å². The summed E-state index contributed by atoms with van der Waals surface area (Å²) in [6.07, 6.45) is 4.39. The van der Waals surface area contributed by atoms with E-state index in [1.165, 1.54) is 5.56 Å².